The molecule has 33 heavy (non-hydrogen) atoms. The van der Waals surface area contributed by atoms with Crippen molar-refractivity contribution < 1.29 is 19.1 Å². The Labute approximate surface area is 194 Å². The maximum absolute atomic E-state index is 12.8. The van der Waals surface area contributed by atoms with E-state index in [-0.39, 0.29) is 18.0 Å². The zero-order valence-corrected chi connectivity index (χ0v) is 19.0. The molecule has 3 heterocycles. The maximum Gasteiger partial charge on any atom is 0.317 e. The normalized spacial score (nSPS) is 18.2. The van der Waals surface area contributed by atoms with Crippen LogP contribution in [0.15, 0.2) is 42.6 Å². The van der Waals surface area contributed by atoms with Crippen LogP contribution in [0.2, 0.25) is 0 Å². The molecular formula is C24H31N5O4. The summed E-state index contributed by atoms with van der Waals surface area (Å²) in [5.74, 6) is 1.27. The number of nitrogens with zero attached hydrogens (tertiary/aromatic N) is 3. The van der Waals surface area contributed by atoms with Gasteiger partial charge in [-0.05, 0) is 42.7 Å². The minimum atomic E-state index is -0.146. The van der Waals surface area contributed by atoms with E-state index in [0.29, 0.717) is 50.6 Å². The van der Waals surface area contributed by atoms with Gasteiger partial charge in [0.2, 0.25) is 0 Å². The molecule has 1 unspecified atom stereocenters. The Kier molecular flexibility index (Phi) is 7.62. The van der Waals surface area contributed by atoms with Crippen molar-refractivity contribution in [2.45, 2.75) is 25.5 Å². The second kappa shape index (κ2) is 11.0. The van der Waals surface area contributed by atoms with Gasteiger partial charge in [0.1, 0.15) is 11.6 Å². The van der Waals surface area contributed by atoms with E-state index in [9.17, 15) is 9.59 Å². The molecule has 0 aliphatic carbocycles. The van der Waals surface area contributed by atoms with E-state index in [4.69, 9.17) is 9.47 Å². The lowest BCUT2D eigenvalue weighted by atomic mass is 10.2. The van der Waals surface area contributed by atoms with E-state index in [1.165, 1.54) is 0 Å². The largest absolute Gasteiger partial charge is 0.497 e. The molecule has 9 nitrogen and oxygen atoms in total. The van der Waals surface area contributed by atoms with Gasteiger partial charge in [0, 0.05) is 52.1 Å². The lowest BCUT2D eigenvalue weighted by molar-refractivity contribution is 0.0857. The number of nitrogens with one attached hydrogen (secondary N) is 2. The molecule has 2 fully saturated rings. The number of pyridine rings is 1. The third-order valence-corrected chi connectivity index (χ3v) is 5.99. The van der Waals surface area contributed by atoms with E-state index in [2.05, 4.69) is 20.5 Å². The highest BCUT2D eigenvalue weighted by Crippen LogP contribution is 2.20. The number of hydrogen-bond acceptors (Lipinski definition) is 6. The van der Waals surface area contributed by atoms with Gasteiger partial charge in [-0.3, -0.25) is 4.79 Å². The summed E-state index contributed by atoms with van der Waals surface area (Å²) in [6.45, 7) is 4.02. The molecule has 1 aromatic heterocycles. The second-order valence-electron chi connectivity index (χ2n) is 8.20. The summed E-state index contributed by atoms with van der Waals surface area (Å²) in [5.41, 5.74) is 1.53. The number of anilines is 1. The van der Waals surface area contributed by atoms with Gasteiger partial charge in [0.25, 0.3) is 5.91 Å². The van der Waals surface area contributed by atoms with Gasteiger partial charge in [0.05, 0.1) is 18.8 Å². The highest BCUT2D eigenvalue weighted by molar-refractivity contribution is 5.99. The van der Waals surface area contributed by atoms with E-state index >= 15 is 0 Å². The Bertz CT molecular complexity index is 955. The molecular weight excluding hydrogens is 422 g/mol. The summed E-state index contributed by atoms with van der Waals surface area (Å²) in [5, 5.41) is 5.94. The zero-order valence-electron chi connectivity index (χ0n) is 19.0. The number of ether oxygens (including phenoxy) is 2. The first-order valence-electron chi connectivity index (χ1n) is 11.4. The first-order valence-corrected chi connectivity index (χ1v) is 11.4. The molecule has 2 N–H and O–H groups in total. The number of amides is 3. The second-order valence-corrected chi connectivity index (χ2v) is 8.20. The molecule has 0 radical (unpaired) electrons. The van der Waals surface area contributed by atoms with Crippen LogP contribution in [-0.4, -0.2) is 74.4 Å². The minimum Gasteiger partial charge on any atom is -0.497 e. The highest BCUT2D eigenvalue weighted by Gasteiger charge is 2.25. The molecule has 0 spiro atoms. The molecule has 3 amide bonds. The van der Waals surface area contributed by atoms with Gasteiger partial charge in [-0.1, -0.05) is 12.1 Å². The first-order chi connectivity index (χ1) is 16.1. The summed E-state index contributed by atoms with van der Waals surface area (Å²) in [7, 11) is 1.62. The van der Waals surface area contributed by atoms with Gasteiger partial charge < -0.3 is 29.9 Å². The van der Waals surface area contributed by atoms with Gasteiger partial charge in [-0.25, -0.2) is 9.78 Å². The molecule has 9 heteroatoms. The topological polar surface area (TPSA) is 96.0 Å². The molecule has 2 aromatic rings. The van der Waals surface area contributed by atoms with E-state index in [1.54, 1.807) is 30.3 Å². The predicted molar refractivity (Wildman–Crippen MR) is 125 cm³/mol. The van der Waals surface area contributed by atoms with Crippen molar-refractivity contribution in [2.75, 3.05) is 51.3 Å². The van der Waals surface area contributed by atoms with Gasteiger partial charge in [-0.2, -0.15) is 0 Å². The highest BCUT2D eigenvalue weighted by atomic mass is 16.5. The number of piperazine rings is 1. The average Bonchev–Trinajstić information content (AvgIpc) is 3.40. The quantitative estimate of drug-likeness (QED) is 0.666. The average molecular weight is 454 g/mol. The number of hydrogen-bond donors (Lipinski definition) is 2. The maximum atomic E-state index is 12.8. The van der Waals surface area contributed by atoms with E-state index < -0.39 is 0 Å². The van der Waals surface area contributed by atoms with Crippen LogP contribution < -0.4 is 20.3 Å². The zero-order chi connectivity index (χ0) is 23.0. The molecule has 176 valence electrons. The van der Waals surface area contributed by atoms with Crippen LogP contribution in [0.1, 0.15) is 28.8 Å². The van der Waals surface area contributed by atoms with Crippen molar-refractivity contribution >= 4 is 17.8 Å². The minimum absolute atomic E-state index is 0.0908. The Morgan fingerprint density at radius 2 is 2.00 bits per heavy atom. The fourth-order valence-corrected chi connectivity index (χ4v) is 4.13. The van der Waals surface area contributed by atoms with Crippen molar-refractivity contribution in [3.63, 3.8) is 0 Å². The molecule has 1 atom stereocenters. The van der Waals surface area contributed by atoms with Gasteiger partial charge in [0.15, 0.2) is 0 Å². The van der Waals surface area contributed by atoms with E-state index in [1.807, 2.05) is 24.3 Å². The number of benzene rings is 1. The molecule has 4 rings (SSSR count). The van der Waals surface area contributed by atoms with Gasteiger partial charge in [-0.15, -0.1) is 0 Å². The smallest absolute Gasteiger partial charge is 0.317 e. The number of carbonyl (C=O) groups excluding carboxylic acids is 2. The number of rotatable bonds is 7. The number of aromatic nitrogens is 1. The molecule has 1 aromatic carbocycles. The fourth-order valence-electron chi connectivity index (χ4n) is 4.13. The van der Waals surface area contributed by atoms with Crippen LogP contribution >= 0.6 is 0 Å². The SMILES string of the molecule is COc1cccc(CNC(=O)N2CCN(c3ncccc3C(=O)NCC3CCCO3)CC2)c1. The molecule has 2 aliphatic heterocycles. The molecule has 2 saturated heterocycles. The Hall–Kier alpha value is -3.33. The van der Waals surface area contributed by atoms with Crippen LogP contribution in [0.3, 0.4) is 0 Å². The summed E-state index contributed by atoms with van der Waals surface area (Å²) in [6.07, 6.45) is 3.80. The lowest BCUT2D eigenvalue weighted by Gasteiger charge is -2.36. The summed E-state index contributed by atoms with van der Waals surface area (Å²) >= 11 is 0. The Morgan fingerprint density at radius 3 is 2.76 bits per heavy atom. The Morgan fingerprint density at radius 1 is 1.15 bits per heavy atom. The van der Waals surface area contributed by atoms with Crippen LogP contribution in [0.5, 0.6) is 5.75 Å². The third kappa shape index (κ3) is 5.92. The van der Waals surface area contributed by atoms with Crippen molar-refractivity contribution in [3.05, 3.63) is 53.7 Å². The standard InChI is InChI=1S/C24H31N5O4/c1-32-19-6-2-5-18(15-19)16-27-24(31)29-12-10-28(11-13-29)22-21(8-3-9-25-22)23(30)26-17-20-7-4-14-33-20/h2-3,5-6,8-9,15,20H,4,7,10-14,16-17H2,1H3,(H,26,30)(H,27,31). The van der Waals surface area contributed by atoms with Crippen LogP contribution in [0.25, 0.3) is 0 Å². The number of urea groups is 1. The first kappa shape index (κ1) is 22.8. The van der Waals surface area contributed by atoms with Crippen LogP contribution in [0, 0.1) is 0 Å². The van der Waals surface area contributed by atoms with Crippen molar-refractivity contribution in [1.82, 2.24) is 20.5 Å². The van der Waals surface area contributed by atoms with Gasteiger partial charge >= 0.3 is 6.03 Å². The van der Waals surface area contributed by atoms with Crippen molar-refractivity contribution in [1.29, 1.82) is 0 Å². The van der Waals surface area contributed by atoms with Crippen molar-refractivity contribution in [2.24, 2.45) is 0 Å². The summed E-state index contributed by atoms with van der Waals surface area (Å²) in [6, 6.07) is 11.1. The number of carbonyl (C=O) groups is 2. The van der Waals surface area contributed by atoms with Crippen LogP contribution in [-0.2, 0) is 11.3 Å². The fraction of sp³-hybridized carbons (Fsp3) is 0.458. The molecule has 2 aliphatic rings. The summed E-state index contributed by atoms with van der Waals surface area (Å²) < 4.78 is 10.8. The van der Waals surface area contributed by atoms with Crippen molar-refractivity contribution in [3.8, 4) is 5.75 Å². The predicted octanol–water partition coefficient (Wildman–Crippen LogP) is 2.03. The number of methoxy groups -OCH3 is 1. The van der Waals surface area contributed by atoms with Crippen LogP contribution in [0.4, 0.5) is 10.6 Å². The molecule has 0 saturated carbocycles. The lowest BCUT2D eigenvalue weighted by Crippen LogP contribution is -2.52. The van der Waals surface area contributed by atoms with E-state index in [0.717, 1.165) is 30.8 Å². The summed E-state index contributed by atoms with van der Waals surface area (Å²) in [4.78, 5) is 33.7. The molecule has 0 bridgehead atoms. The monoisotopic (exact) mass is 453 g/mol. The third-order valence-electron chi connectivity index (χ3n) is 5.99. The Balaban J connectivity index is 1.29.